The maximum absolute atomic E-state index is 10.6. The summed E-state index contributed by atoms with van der Waals surface area (Å²) in [5, 5.41) is 0. The lowest BCUT2D eigenvalue weighted by atomic mass is 10.4. The summed E-state index contributed by atoms with van der Waals surface area (Å²) in [4.78, 5) is 0. The second-order valence-electron chi connectivity index (χ2n) is 1.64. The van der Waals surface area contributed by atoms with E-state index in [1.807, 2.05) is 0 Å². The molecule has 0 aromatic carbocycles. The van der Waals surface area contributed by atoms with Gasteiger partial charge in [0.1, 0.15) is 4.71 Å². The Hall–Kier alpha value is 0.440. The molecule has 0 radical (unpaired) electrons. The second kappa shape index (κ2) is 2.14. The summed E-state index contributed by atoms with van der Waals surface area (Å²) in [6.45, 7) is 0. The lowest BCUT2D eigenvalue weighted by molar-refractivity contribution is 0.685. The largest absolute Gasteiger partial charge is 0.258 e. The van der Waals surface area contributed by atoms with E-state index in [1.165, 1.54) is 0 Å². The van der Waals surface area contributed by atoms with Crippen molar-refractivity contribution in [2.24, 2.45) is 0 Å². The lowest BCUT2D eigenvalue weighted by Gasteiger charge is -1.89. The van der Waals surface area contributed by atoms with E-state index in [4.69, 9.17) is 11.6 Å². The molecule has 0 saturated carbocycles. The summed E-state index contributed by atoms with van der Waals surface area (Å²) in [6, 6.07) is 0. The molecule has 3 heteroatoms. The summed E-state index contributed by atoms with van der Waals surface area (Å²) in [6.07, 6.45) is 1.98. The predicted octanol–water partition coefficient (Wildman–Crippen LogP) is 1.09. The molecule has 1 rings (SSSR count). The van der Waals surface area contributed by atoms with Gasteiger partial charge in [0.2, 0.25) is 0 Å². The van der Waals surface area contributed by atoms with Gasteiger partial charge in [0.05, 0.1) is 0 Å². The summed E-state index contributed by atoms with van der Waals surface area (Å²) in [5.41, 5.74) is 0. The summed E-state index contributed by atoms with van der Waals surface area (Å²) < 4.78 is 10.5. The number of rotatable bonds is 0. The van der Waals surface area contributed by atoms with E-state index in [-0.39, 0.29) is 4.71 Å². The molecule has 0 bridgehead atoms. The van der Waals surface area contributed by atoms with Crippen molar-refractivity contribution in [1.82, 2.24) is 0 Å². The number of halogens is 1. The van der Waals surface area contributed by atoms with Crippen LogP contribution in [0.4, 0.5) is 0 Å². The van der Waals surface area contributed by atoms with E-state index in [2.05, 4.69) is 0 Å². The van der Waals surface area contributed by atoms with E-state index in [0.29, 0.717) is 0 Å². The Morgan fingerprint density at radius 2 is 2.43 bits per heavy atom. The van der Waals surface area contributed by atoms with Crippen molar-refractivity contribution >= 4 is 22.4 Å². The standard InChI is InChI=1S/C4H7ClOS/c5-4-2-1-3-7(4)6/h4H,1-3H2/t4-,7?/m1/s1. The lowest BCUT2D eigenvalue weighted by Crippen LogP contribution is -1.97. The van der Waals surface area contributed by atoms with Gasteiger partial charge in [-0.25, -0.2) is 0 Å². The van der Waals surface area contributed by atoms with Crippen molar-refractivity contribution in [2.45, 2.75) is 17.6 Å². The predicted molar refractivity (Wildman–Crippen MR) is 31.9 cm³/mol. The van der Waals surface area contributed by atoms with Crippen LogP contribution < -0.4 is 0 Å². The van der Waals surface area contributed by atoms with Gasteiger partial charge < -0.3 is 0 Å². The van der Waals surface area contributed by atoms with Crippen LogP contribution in [-0.4, -0.2) is 14.7 Å². The third kappa shape index (κ3) is 1.16. The normalized spacial score (nSPS) is 41.9. The fourth-order valence-electron chi connectivity index (χ4n) is 0.645. The Balaban J connectivity index is 2.48. The molecule has 0 spiro atoms. The molecule has 0 aromatic heterocycles. The molecule has 1 heterocycles. The van der Waals surface area contributed by atoms with Crippen molar-refractivity contribution in [1.29, 1.82) is 0 Å². The van der Waals surface area contributed by atoms with E-state index in [0.717, 1.165) is 18.6 Å². The zero-order valence-electron chi connectivity index (χ0n) is 3.89. The fourth-order valence-corrected chi connectivity index (χ4v) is 2.20. The summed E-state index contributed by atoms with van der Waals surface area (Å²) in [7, 11) is -0.702. The van der Waals surface area contributed by atoms with E-state index >= 15 is 0 Å². The first kappa shape index (κ1) is 5.57. The first-order chi connectivity index (χ1) is 3.30. The molecule has 0 aliphatic carbocycles. The fraction of sp³-hybridized carbons (Fsp3) is 1.00. The molecule has 42 valence electrons. The smallest absolute Gasteiger partial charge is 0.109 e. The first-order valence-electron chi connectivity index (χ1n) is 2.32. The zero-order valence-corrected chi connectivity index (χ0v) is 5.47. The molecule has 0 N–H and O–H groups in total. The molecule has 1 saturated heterocycles. The van der Waals surface area contributed by atoms with Crippen LogP contribution in [0.1, 0.15) is 12.8 Å². The number of alkyl halides is 1. The average molecular weight is 139 g/mol. The Morgan fingerprint density at radius 3 is 2.57 bits per heavy atom. The van der Waals surface area contributed by atoms with Gasteiger partial charge in [0.15, 0.2) is 0 Å². The zero-order chi connectivity index (χ0) is 5.28. The molecule has 1 unspecified atom stereocenters. The van der Waals surface area contributed by atoms with Crippen molar-refractivity contribution in [3.05, 3.63) is 0 Å². The van der Waals surface area contributed by atoms with Crippen LogP contribution in [0.15, 0.2) is 0 Å². The Bertz CT molecular complexity index is 93.7. The quantitative estimate of drug-likeness (QED) is 0.458. The molecule has 1 aliphatic rings. The minimum Gasteiger partial charge on any atom is -0.258 e. The van der Waals surface area contributed by atoms with E-state index < -0.39 is 10.8 Å². The maximum atomic E-state index is 10.6. The number of hydrogen-bond acceptors (Lipinski definition) is 1. The van der Waals surface area contributed by atoms with Crippen molar-refractivity contribution < 1.29 is 4.21 Å². The van der Waals surface area contributed by atoms with Gasteiger partial charge in [-0.1, -0.05) is 0 Å². The van der Waals surface area contributed by atoms with E-state index in [9.17, 15) is 4.21 Å². The van der Waals surface area contributed by atoms with Crippen LogP contribution in [0.3, 0.4) is 0 Å². The highest BCUT2D eigenvalue weighted by Crippen LogP contribution is 2.18. The van der Waals surface area contributed by atoms with Gasteiger partial charge in [0, 0.05) is 16.6 Å². The minimum absolute atomic E-state index is 0.0417. The third-order valence-electron chi connectivity index (χ3n) is 1.06. The van der Waals surface area contributed by atoms with Gasteiger partial charge in [-0.15, -0.1) is 11.6 Å². The molecule has 0 aromatic rings. The first-order valence-corrected chi connectivity index (χ1v) is 4.14. The molecular formula is C4H7ClOS. The van der Waals surface area contributed by atoms with Crippen LogP contribution in [0.2, 0.25) is 0 Å². The van der Waals surface area contributed by atoms with Gasteiger partial charge in [-0.3, -0.25) is 4.21 Å². The molecule has 0 amide bonds. The Morgan fingerprint density at radius 1 is 1.71 bits per heavy atom. The average Bonchev–Trinajstić information content (AvgIpc) is 1.91. The maximum Gasteiger partial charge on any atom is 0.109 e. The van der Waals surface area contributed by atoms with Gasteiger partial charge in [0.25, 0.3) is 0 Å². The highest BCUT2D eigenvalue weighted by Gasteiger charge is 2.19. The molecule has 7 heavy (non-hydrogen) atoms. The van der Waals surface area contributed by atoms with E-state index in [1.54, 1.807) is 0 Å². The minimum atomic E-state index is -0.702. The second-order valence-corrected chi connectivity index (χ2v) is 4.16. The van der Waals surface area contributed by atoms with Crippen LogP contribution in [0.5, 0.6) is 0 Å². The molecule has 2 atom stereocenters. The number of hydrogen-bond donors (Lipinski definition) is 0. The van der Waals surface area contributed by atoms with Crippen LogP contribution in [0, 0.1) is 0 Å². The molecular weight excluding hydrogens is 132 g/mol. The highest BCUT2D eigenvalue weighted by molar-refractivity contribution is 7.87. The summed E-state index contributed by atoms with van der Waals surface area (Å²) in [5.74, 6) is 0.814. The molecule has 1 nitrogen and oxygen atoms in total. The van der Waals surface area contributed by atoms with Crippen molar-refractivity contribution in [2.75, 3.05) is 5.75 Å². The van der Waals surface area contributed by atoms with Crippen molar-refractivity contribution in [3.63, 3.8) is 0 Å². The van der Waals surface area contributed by atoms with Crippen LogP contribution in [0.25, 0.3) is 0 Å². The monoisotopic (exact) mass is 138 g/mol. The highest BCUT2D eigenvalue weighted by atomic mass is 35.5. The summed E-state index contributed by atoms with van der Waals surface area (Å²) >= 11 is 5.56. The Labute approximate surface area is 50.5 Å². The molecule has 1 aliphatic heterocycles. The van der Waals surface area contributed by atoms with Gasteiger partial charge in [-0.05, 0) is 12.8 Å². The van der Waals surface area contributed by atoms with Gasteiger partial charge >= 0.3 is 0 Å². The topological polar surface area (TPSA) is 17.1 Å². The Kier molecular flexibility index (Phi) is 1.70. The third-order valence-corrected chi connectivity index (χ3v) is 3.37. The molecule has 1 fully saturated rings. The van der Waals surface area contributed by atoms with Crippen LogP contribution >= 0.6 is 11.6 Å². The van der Waals surface area contributed by atoms with Gasteiger partial charge in [-0.2, -0.15) is 0 Å². The SMILES string of the molecule is O=S1CCC[C@@H]1Cl. The van der Waals surface area contributed by atoms with Crippen molar-refractivity contribution in [3.8, 4) is 0 Å². The van der Waals surface area contributed by atoms with Crippen LogP contribution in [-0.2, 0) is 10.8 Å².